The van der Waals surface area contributed by atoms with E-state index in [0.29, 0.717) is 4.47 Å². The number of anilines is 1. The molecule has 8 heteroatoms. The van der Waals surface area contributed by atoms with E-state index >= 15 is 0 Å². The first kappa shape index (κ1) is 20.2. The minimum absolute atomic E-state index is 0.0921. The number of alkyl halides is 3. The minimum Gasteiger partial charge on any atom is -0.409 e. The summed E-state index contributed by atoms with van der Waals surface area (Å²) in [4.78, 5) is 12.1. The Balaban J connectivity index is 1.78. The van der Waals surface area contributed by atoms with Crippen LogP contribution in [0.4, 0.5) is 23.7 Å². The van der Waals surface area contributed by atoms with Crippen molar-refractivity contribution in [1.29, 1.82) is 0 Å². The first-order valence-corrected chi connectivity index (χ1v) is 9.11. The summed E-state index contributed by atoms with van der Waals surface area (Å²) in [5.41, 5.74) is 0.349. The maximum Gasteiger partial charge on any atom is 0.418 e. The van der Waals surface area contributed by atoms with Crippen LogP contribution >= 0.6 is 27.5 Å². The lowest BCUT2D eigenvalue weighted by Gasteiger charge is -2.14. The number of nitrogens with one attached hydrogen (secondary N) is 1. The van der Waals surface area contributed by atoms with Gasteiger partial charge in [-0.3, -0.25) is 5.32 Å². The zero-order valence-corrected chi connectivity index (χ0v) is 16.4. The van der Waals surface area contributed by atoms with Crippen LogP contribution in [0.3, 0.4) is 0 Å². The third-order valence-electron chi connectivity index (χ3n) is 3.77. The van der Waals surface area contributed by atoms with E-state index in [0.717, 1.165) is 23.3 Å². The van der Waals surface area contributed by atoms with Gasteiger partial charge < -0.3 is 4.74 Å². The summed E-state index contributed by atoms with van der Waals surface area (Å²) in [6, 6.07) is 17.6. The van der Waals surface area contributed by atoms with E-state index in [-0.39, 0.29) is 10.8 Å². The summed E-state index contributed by atoms with van der Waals surface area (Å²) in [6.07, 6.45) is -5.73. The molecule has 0 atom stereocenters. The van der Waals surface area contributed by atoms with Crippen LogP contribution in [0, 0.1) is 0 Å². The molecule has 0 aliphatic heterocycles. The summed E-state index contributed by atoms with van der Waals surface area (Å²) in [5.74, 6) is 0.166. The first-order chi connectivity index (χ1) is 13.2. The van der Waals surface area contributed by atoms with Crippen molar-refractivity contribution in [3.63, 3.8) is 0 Å². The van der Waals surface area contributed by atoms with Crippen molar-refractivity contribution in [2.24, 2.45) is 0 Å². The SMILES string of the molecule is O=C(Nc1ccc(Cl)cc1C(F)(F)F)Oc1ccc(-c2ccccc2)cc1Br. The van der Waals surface area contributed by atoms with Crippen LogP contribution in [0.5, 0.6) is 5.75 Å². The molecule has 3 aromatic rings. The standard InChI is InChI=1S/C20H12BrClF3NO2/c21-16-10-13(12-4-2-1-3-5-12)6-9-18(16)28-19(27)26-17-8-7-14(22)11-15(17)20(23,24)25/h1-11H,(H,26,27). The fourth-order valence-corrected chi connectivity index (χ4v) is 3.12. The highest BCUT2D eigenvalue weighted by molar-refractivity contribution is 9.10. The maximum atomic E-state index is 13.1. The monoisotopic (exact) mass is 469 g/mol. The highest BCUT2D eigenvalue weighted by Crippen LogP contribution is 2.37. The molecule has 0 saturated carbocycles. The number of hydrogen-bond acceptors (Lipinski definition) is 2. The van der Waals surface area contributed by atoms with Gasteiger partial charge >= 0.3 is 12.3 Å². The molecule has 0 heterocycles. The third-order valence-corrected chi connectivity index (χ3v) is 4.62. The van der Waals surface area contributed by atoms with Gasteiger partial charge in [0.05, 0.1) is 15.7 Å². The van der Waals surface area contributed by atoms with Crippen molar-refractivity contribution in [1.82, 2.24) is 0 Å². The smallest absolute Gasteiger partial charge is 0.409 e. The van der Waals surface area contributed by atoms with Crippen molar-refractivity contribution in [2.75, 3.05) is 5.32 Å². The van der Waals surface area contributed by atoms with Crippen LogP contribution in [-0.4, -0.2) is 6.09 Å². The van der Waals surface area contributed by atoms with Gasteiger partial charge in [-0.2, -0.15) is 13.2 Å². The van der Waals surface area contributed by atoms with E-state index in [9.17, 15) is 18.0 Å². The van der Waals surface area contributed by atoms with Crippen LogP contribution in [0.15, 0.2) is 71.2 Å². The molecular weight excluding hydrogens is 459 g/mol. The van der Waals surface area contributed by atoms with Gasteiger partial charge in [-0.15, -0.1) is 0 Å². The molecular formula is C20H12BrClF3NO2. The largest absolute Gasteiger partial charge is 0.418 e. The molecule has 1 N–H and O–H groups in total. The predicted octanol–water partition coefficient (Wildman–Crippen LogP) is 7.40. The summed E-state index contributed by atoms with van der Waals surface area (Å²) in [5, 5.41) is 2.01. The molecule has 0 radical (unpaired) electrons. The van der Waals surface area contributed by atoms with Crippen molar-refractivity contribution < 1.29 is 22.7 Å². The fraction of sp³-hybridized carbons (Fsp3) is 0.0500. The lowest BCUT2D eigenvalue weighted by molar-refractivity contribution is -0.136. The summed E-state index contributed by atoms with van der Waals surface area (Å²) < 4.78 is 45.0. The number of hydrogen-bond donors (Lipinski definition) is 1. The quantitative estimate of drug-likeness (QED) is 0.433. The Morgan fingerprint density at radius 1 is 0.964 bits per heavy atom. The number of ether oxygens (including phenoxy) is 1. The summed E-state index contributed by atoms with van der Waals surface area (Å²) in [7, 11) is 0. The average Bonchev–Trinajstić information content (AvgIpc) is 2.65. The molecule has 0 fully saturated rings. The van der Waals surface area contributed by atoms with E-state index in [1.165, 1.54) is 6.07 Å². The molecule has 0 aliphatic carbocycles. The second-order valence-electron chi connectivity index (χ2n) is 5.71. The highest BCUT2D eigenvalue weighted by atomic mass is 79.9. The van der Waals surface area contributed by atoms with Crippen molar-refractivity contribution >= 4 is 39.3 Å². The molecule has 3 aromatic carbocycles. The van der Waals surface area contributed by atoms with Crippen molar-refractivity contribution in [3.8, 4) is 16.9 Å². The predicted molar refractivity (Wildman–Crippen MR) is 106 cm³/mol. The fourth-order valence-electron chi connectivity index (χ4n) is 2.49. The van der Waals surface area contributed by atoms with Crippen molar-refractivity contribution in [3.05, 3.63) is 81.8 Å². The molecule has 0 aliphatic rings. The Labute approximate surface area is 172 Å². The molecule has 0 aromatic heterocycles. The molecule has 0 spiro atoms. The second kappa shape index (κ2) is 8.24. The lowest BCUT2D eigenvalue weighted by Crippen LogP contribution is -2.20. The first-order valence-electron chi connectivity index (χ1n) is 7.94. The Hall–Kier alpha value is -2.51. The van der Waals surface area contributed by atoms with E-state index < -0.39 is 23.5 Å². The van der Waals surface area contributed by atoms with Crippen LogP contribution in [0.2, 0.25) is 5.02 Å². The van der Waals surface area contributed by atoms with E-state index in [2.05, 4.69) is 21.2 Å². The number of carbonyl (C=O) groups is 1. The molecule has 3 rings (SSSR count). The lowest BCUT2D eigenvalue weighted by atomic mass is 10.1. The Kier molecular flexibility index (Phi) is 5.96. The van der Waals surface area contributed by atoms with Crippen molar-refractivity contribution in [2.45, 2.75) is 6.18 Å². The minimum atomic E-state index is -4.68. The Morgan fingerprint density at radius 3 is 2.32 bits per heavy atom. The topological polar surface area (TPSA) is 38.3 Å². The van der Waals surface area contributed by atoms with Gasteiger partial charge in [-0.25, -0.2) is 4.79 Å². The molecule has 0 unspecified atom stereocenters. The van der Waals surface area contributed by atoms with Gasteiger partial charge in [-0.05, 0) is 57.4 Å². The van der Waals surface area contributed by atoms with Crippen LogP contribution in [-0.2, 0) is 6.18 Å². The number of amides is 1. The Bertz CT molecular complexity index is 1010. The molecule has 0 saturated heterocycles. The van der Waals surface area contributed by atoms with Gasteiger partial charge in [0, 0.05) is 5.02 Å². The summed E-state index contributed by atoms with van der Waals surface area (Å²) >= 11 is 8.94. The average molecular weight is 471 g/mol. The van der Waals surface area contributed by atoms with Crippen LogP contribution in [0.25, 0.3) is 11.1 Å². The normalized spacial score (nSPS) is 11.2. The summed E-state index contributed by atoms with van der Waals surface area (Å²) in [6.45, 7) is 0. The van der Waals surface area contributed by atoms with Gasteiger partial charge in [0.2, 0.25) is 0 Å². The zero-order valence-electron chi connectivity index (χ0n) is 14.1. The van der Waals surface area contributed by atoms with E-state index in [1.807, 2.05) is 30.3 Å². The molecule has 3 nitrogen and oxygen atoms in total. The highest BCUT2D eigenvalue weighted by Gasteiger charge is 2.34. The van der Waals surface area contributed by atoms with Gasteiger partial charge in [0.25, 0.3) is 0 Å². The second-order valence-corrected chi connectivity index (χ2v) is 7.00. The molecule has 0 bridgehead atoms. The molecule has 28 heavy (non-hydrogen) atoms. The molecule has 1 amide bonds. The number of carbonyl (C=O) groups excluding carboxylic acids is 1. The van der Waals surface area contributed by atoms with Gasteiger partial charge in [0.15, 0.2) is 0 Å². The zero-order chi connectivity index (χ0) is 20.3. The van der Waals surface area contributed by atoms with Crippen LogP contribution in [0.1, 0.15) is 5.56 Å². The molecule has 144 valence electrons. The number of halogens is 5. The van der Waals surface area contributed by atoms with Gasteiger partial charge in [0.1, 0.15) is 5.75 Å². The number of benzene rings is 3. The number of rotatable bonds is 3. The van der Waals surface area contributed by atoms with Gasteiger partial charge in [-0.1, -0.05) is 48.0 Å². The van der Waals surface area contributed by atoms with Crippen LogP contribution < -0.4 is 10.1 Å². The third kappa shape index (κ3) is 4.85. The van der Waals surface area contributed by atoms with E-state index in [1.54, 1.807) is 18.2 Å². The van der Waals surface area contributed by atoms with E-state index in [4.69, 9.17) is 16.3 Å². The maximum absolute atomic E-state index is 13.1. The Morgan fingerprint density at radius 2 is 1.68 bits per heavy atom.